The third kappa shape index (κ3) is 6.69. The van der Waals surface area contributed by atoms with Crippen LogP contribution in [-0.2, 0) is 20.5 Å². The molecule has 0 unspecified atom stereocenters. The summed E-state index contributed by atoms with van der Waals surface area (Å²) in [4.78, 5) is 31.1. The van der Waals surface area contributed by atoms with Gasteiger partial charge in [-0.3, -0.25) is 4.79 Å². The highest BCUT2D eigenvalue weighted by atomic mass is 32.2. The first-order chi connectivity index (χ1) is 18.2. The van der Waals surface area contributed by atoms with Crippen molar-refractivity contribution in [1.82, 2.24) is 0 Å². The quantitative estimate of drug-likeness (QED) is 0.106. The molecule has 4 aromatic rings. The van der Waals surface area contributed by atoms with Crippen LogP contribution in [0.15, 0.2) is 86.1 Å². The molecule has 3 aromatic carbocycles. The largest absolute Gasteiger partial charge is 0.452 e. The molecule has 1 heterocycles. The van der Waals surface area contributed by atoms with Crippen molar-refractivity contribution in [3.8, 4) is 0 Å². The Balaban J connectivity index is 1.54. The lowest BCUT2D eigenvalue weighted by Crippen LogP contribution is -2.16. The third-order valence-corrected chi connectivity index (χ3v) is 7.47. The van der Waals surface area contributed by atoms with Gasteiger partial charge in [0.15, 0.2) is 5.76 Å². The lowest BCUT2D eigenvalue weighted by Gasteiger charge is -2.25. The van der Waals surface area contributed by atoms with E-state index in [-0.39, 0.29) is 16.6 Å². The van der Waals surface area contributed by atoms with Gasteiger partial charge in [0.2, 0.25) is 5.78 Å². The first kappa shape index (κ1) is 28.4. The Morgan fingerprint density at radius 3 is 1.85 bits per heavy atom. The summed E-state index contributed by atoms with van der Waals surface area (Å²) >= 11 is 1.59. The van der Waals surface area contributed by atoms with Crippen molar-refractivity contribution < 1.29 is 18.8 Å². The average molecular weight is 542 g/mol. The van der Waals surface area contributed by atoms with E-state index >= 15 is 0 Å². The SMILES string of the molecule is CC(=O)O/N=C(/C)c1ccc(Sc2ccc(C(=O)c3cc4cc(C(C)(C)C)cc(C(C)(C)C)c4o3)cc2)cc1. The van der Waals surface area contributed by atoms with Gasteiger partial charge in [0.05, 0.1) is 5.71 Å². The van der Waals surface area contributed by atoms with E-state index in [1.54, 1.807) is 18.7 Å². The van der Waals surface area contributed by atoms with Crippen LogP contribution >= 0.6 is 11.8 Å². The molecule has 0 aliphatic rings. The first-order valence-corrected chi connectivity index (χ1v) is 13.8. The van der Waals surface area contributed by atoms with Crippen molar-refractivity contribution in [1.29, 1.82) is 0 Å². The molecular weight excluding hydrogens is 506 g/mol. The van der Waals surface area contributed by atoms with Crippen molar-refractivity contribution >= 4 is 40.2 Å². The maximum atomic E-state index is 13.4. The molecule has 6 heteroatoms. The molecule has 5 nitrogen and oxygen atoms in total. The van der Waals surface area contributed by atoms with E-state index < -0.39 is 5.97 Å². The minimum Gasteiger partial charge on any atom is -0.452 e. The fraction of sp³-hybridized carbons (Fsp3) is 0.303. The molecule has 202 valence electrons. The van der Waals surface area contributed by atoms with E-state index in [9.17, 15) is 9.59 Å². The average Bonchev–Trinajstić information content (AvgIpc) is 3.30. The zero-order chi connectivity index (χ0) is 28.5. The van der Waals surface area contributed by atoms with Crippen LogP contribution in [0, 0.1) is 0 Å². The maximum absolute atomic E-state index is 13.4. The van der Waals surface area contributed by atoms with Crippen LogP contribution in [0.1, 0.15) is 88.2 Å². The summed E-state index contributed by atoms with van der Waals surface area (Å²) in [7, 11) is 0. The number of fused-ring (bicyclic) bond motifs is 1. The van der Waals surface area contributed by atoms with Crippen LogP contribution in [0.4, 0.5) is 0 Å². The molecule has 0 aliphatic heterocycles. The second-order valence-corrected chi connectivity index (χ2v) is 12.9. The Kier molecular flexibility index (Phi) is 7.89. The Morgan fingerprint density at radius 2 is 1.33 bits per heavy atom. The van der Waals surface area contributed by atoms with E-state index in [1.807, 2.05) is 54.6 Å². The molecule has 0 saturated carbocycles. The zero-order valence-electron chi connectivity index (χ0n) is 23.8. The molecule has 0 N–H and O–H groups in total. The summed E-state index contributed by atoms with van der Waals surface area (Å²) in [5, 5.41) is 4.78. The third-order valence-electron chi connectivity index (χ3n) is 6.45. The van der Waals surface area contributed by atoms with Gasteiger partial charge in [0.1, 0.15) is 5.58 Å². The number of nitrogens with zero attached hydrogens (tertiary/aromatic N) is 1. The lowest BCUT2D eigenvalue weighted by atomic mass is 9.80. The molecule has 1 aromatic heterocycles. The molecule has 0 atom stereocenters. The number of rotatable bonds is 6. The predicted molar refractivity (Wildman–Crippen MR) is 158 cm³/mol. The van der Waals surface area contributed by atoms with Crippen molar-refractivity contribution in [2.45, 2.75) is 76.0 Å². The first-order valence-electron chi connectivity index (χ1n) is 13.0. The lowest BCUT2D eigenvalue weighted by molar-refractivity contribution is -0.140. The predicted octanol–water partition coefficient (Wildman–Crippen LogP) is 8.70. The minimum absolute atomic E-state index is 0.0141. The summed E-state index contributed by atoms with van der Waals surface area (Å²) in [5.41, 5.74) is 5.05. The maximum Gasteiger partial charge on any atom is 0.331 e. The Bertz CT molecular complexity index is 1550. The van der Waals surface area contributed by atoms with E-state index in [4.69, 9.17) is 9.25 Å². The summed E-state index contributed by atoms with van der Waals surface area (Å²) < 4.78 is 6.20. The number of hydrogen-bond acceptors (Lipinski definition) is 6. The molecule has 0 aliphatic carbocycles. The van der Waals surface area contributed by atoms with E-state index in [1.165, 1.54) is 12.5 Å². The highest BCUT2D eigenvalue weighted by Crippen LogP contribution is 2.37. The molecule has 0 spiro atoms. The summed E-state index contributed by atoms with van der Waals surface area (Å²) in [6, 6.07) is 21.6. The Morgan fingerprint density at radius 1 is 0.769 bits per heavy atom. The number of furan rings is 1. The van der Waals surface area contributed by atoms with Crippen LogP contribution in [0.5, 0.6) is 0 Å². The van der Waals surface area contributed by atoms with Crippen LogP contribution < -0.4 is 0 Å². The van der Waals surface area contributed by atoms with Gasteiger partial charge in [-0.1, -0.05) is 76.7 Å². The molecule has 0 fully saturated rings. The molecule has 4 rings (SSSR count). The number of benzene rings is 3. The topological polar surface area (TPSA) is 68.9 Å². The Labute approximate surface area is 234 Å². The van der Waals surface area contributed by atoms with Gasteiger partial charge in [0, 0.05) is 33.2 Å². The van der Waals surface area contributed by atoms with Gasteiger partial charge in [-0.15, -0.1) is 0 Å². The van der Waals surface area contributed by atoms with Gasteiger partial charge >= 0.3 is 5.97 Å². The highest BCUT2D eigenvalue weighted by molar-refractivity contribution is 7.99. The molecule has 0 bridgehead atoms. The molecule has 0 saturated heterocycles. The Hall–Kier alpha value is -3.64. The summed E-state index contributed by atoms with van der Waals surface area (Å²) in [6.45, 7) is 16.2. The monoisotopic (exact) mass is 541 g/mol. The van der Waals surface area contributed by atoms with Crippen LogP contribution in [0.25, 0.3) is 11.0 Å². The normalized spacial score (nSPS) is 12.6. The second-order valence-electron chi connectivity index (χ2n) is 11.8. The fourth-order valence-corrected chi connectivity index (χ4v) is 4.97. The van der Waals surface area contributed by atoms with Crippen molar-refractivity contribution in [2.24, 2.45) is 5.16 Å². The molecule has 39 heavy (non-hydrogen) atoms. The van der Waals surface area contributed by atoms with Gasteiger partial charge < -0.3 is 9.25 Å². The van der Waals surface area contributed by atoms with Crippen LogP contribution in [0.3, 0.4) is 0 Å². The van der Waals surface area contributed by atoms with Gasteiger partial charge in [-0.25, -0.2) is 4.79 Å². The van der Waals surface area contributed by atoms with Gasteiger partial charge in [-0.05, 0) is 77.4 Å². The van der Waals surface area contributed by atoms with Crippen LogP contribution in [-0.4, -0.2) is 17.5 Å². The zero-order valence-corrected chi connectivity index (χ0v) is 24.7. The summed E-state index contributed by atoms with van der Waals surface area (Å²) in [6.07, 6.45) is 0. The van der Waals surface area contributed by atoms with Crippen LogP contribution in [0.2, 0.25) is 0 Å². The van der Waals surface area contributed by atoms with E-state index in [2.05, 4.69) is 58.8 Å². The molecule has 0 radical (unpaired) electrons. The van der Waals surface area contributed by atoms with Gasteiger partial charge in [-0.2, -0.15) is 0 Å². The van der Waals surface area contributed by atoms with Crippen molar-refractivity contribution in [3.63, 3.8) is 0 Å². The van der Waals surface area contributed by atoms with Crippen molar-refractivity contribution in [2.75, 3.05) is 0 Å². The number of carbonyl (C=O) groups is 2. The standard InChI is InChI=1S/C33H35NO4S/c1-20(34-38-21(2)35)22-9-13-26(14-10-22)39-27-15-11-23(12-16-27)30(36)29-18-24-17-25(32(3,4)5)19-28(31(24)37-29)33(6,7)8/h9-19H,1-8H3/b34-20-. The minimum atomic E-state index is -0.451. The second kappa shape index (κ2) is 10.9. The smallest absolute Gasteiger partial charge is 0.331 e. The molecule has 0 amide bonds. The van der Waals surface area contributed by atoms with E-state index in [0.717, 1.165) is 31.9 Å². The van der Waals surface area contributed by atoms with E-state index in [0.29, 0.717) is 17.0 Å². The summed E-state index contributed by atoms with van der Waals surface area (Å²) in [5.74, 6) is -0.233. The number of ketones is 1. The molecular formula is C33H35NO4S. The number of hydrogen-bond donors (Lipinski definition) is 0. The van der Waals surface area contributed by atoms with Crippen molar-refractivity contribution in [3.05, 3.63) is 94.7 Å². The number of oxime groups is 1. The number of carbonyl (C=O) groups excluding carboxylic acids is 2. The fourth-order valence-electron chi connectivity index (χ4n) is 4.16. The highest BCUT2D eigenvalue weighted by Gasteiger charge is 2.26. The van der Waals surface area contributed by atoms with Gasteiger partial charge in [0.25, 0.3) is 0 Å².